The van der Waals surface area contributed by atoms with Gasteiger partial charge in [0, 0.05) is 22.1 Å². The van der Waals surface area contributed by atoms with E-state index >= 15 is 0 Å². The Kier molecular flexibility index (Phi) is 2.85. The molecule has 3 rings (SSSR count). The van der Waals surface area contributed by atoms with Crippen molar-refractivity contribution in [2.45, 2.75) is 4.90 Å². The highest BCUT2D eigenvalue weighted by molar-refractivity contribution is 7.84. The summed E-state index contributed by atoms with van der Waals surface area (Å²) >= 11 is 12.1. The number of benzene rings is 2. The molecular weight excluding hydrogens is 291 g/mol. The molecule has 2 nitrogen and oxygen atoms in total. The molecule has 0 N–H and O–H groups in total. The van der Waals surface area contributed by atoms with Crippen LogP contribution in [0.1, 0.15) is 0 Å². The minimum Gasteiger partial charge on any atom is -0.456 e. The Labute approximate surface area is 116 Å². The summed E-state index contributed by atoms with van der Waals surface area (Å²) in [5, 5.41) is 2.91. The van der Waals surface area contributed by atoms with E-state index in [1.807, 2.05) is 12.1 Å². The topological polar surface area (TPSA) is 30.2 Å². The second kappa shape index (κ2) is 4.26. The number of rotatable bonds is 1. The molecule has 92 valence electrons. The molecule has 0 aliphatic rings. The Bertz CT molecular complexity index is 792. The molecule has 5 heteroatoms. The molecule has 3 aromatic rings. The predicted molar refractivity (Wildman–Crippen MR) is 76.1 cm³/mol. The first-order valence-corrected chi connectivity index (χ1v) is 7.52. The van der Waals surface area contributed by atoms with Crippen LogP contribution in [0.15, 0.2) is 39.6 Å². The van der Waals surface area contributed by atoms with Gasteiger partial charge in [-0.05, 0) is 30.3 Å². The average molecular weight is 299 g/mol. The number of fused-ring (bicyclic) bond motifs is 3. The van der Waals surface area contributed by atoms with E-state index in [4.69, 9.17) is 27.6 Å². The first-order valence-electron chi connectivity index (χ1n) is 5.21. The molecule has 1 heterocycles. The van der Waals surface area contributed by atoms with Crippen molar-refractivity contribution >= 4 is 55.9 Å². The van der Waals surface area contributed by atoms with Crippen molar-refractivity contribution in [1.82, 2.24) is 0 Å². The third-order valence-corrected chi connectivity index (χ3v) is 4.41. The van der Waals surface area contributed by atoms with Gasteiger partial charge >= 0.3 is 0 Å². The zero-order valence-corrected chi connectivity index (χ0v) is 11.7. The number of furan rings is 1. The monoisotopic (exact) mass is 298 g/mol. The van der Waals surface area contributed by atoms with E-state index in [2.05, 4.69) is 0 Å². The maximum atomic E-state index is 11.5. The summed E-state index contributed by atoms with van der Waals surface area (Å²) in [4.78, 5) is 0.578. The van der Waals surface area contributed by atoms with Crippen LogP contribution in [0.5, 0.6) is 0 Å². The standard InChI is InChI=1S/C13H8Cl2O2S/c1-18(16)13-6-12-9(5-10(13)15)8-4-7(14)2-3-11(8)17-12/h2-6H,1H3. The molecule has 0 radical (unpaired) electrons. The lowest BCUT2D eigenvalue weighted by atomic mass is 10.1. The fraction of sp³-hybridized carbons (Fsp3) is 0.0769. The first kappa shape index (κ1) is 12.0. The molecule has 0 amide bonds. The van der Waals surface area contributed by atoms with Crippen molar-refractivity contribution in [2.75, 3.05) is 6.26 Å². The highest BCUT2D eigenvalue weighted by atomic mass is 35.5. The van der Waals surface area contributed by atoms with Crippen molar-refractivity contribution in [3.8, 4) is 0 Å². The molecule has 2 aromatic carbocycles. The Balaban J connectivity index is 2.44. The molecule has 0 aliphatic carbocycles. The minimum absolute atomic E-state index is 0.478. The third kappa shape index (κ3) is 1.83. The normalized spacial score (nSPS) is 13.3. The van der Waals surface area contributed by atoms with Crippen molar-refractivity contribution < 1.29 is 8.63 Å². The maximum absolute atomic E-state index is 11.5. The summed E-state index contributed by atoms with van der Waals surface area (Å²) < 4.78 is 17.2. The SMILES string of the molecule is CS(=O)c1cc2oc3ccc(Cl)cc3c2cc1Cl. The number of hydrogen-bond donors (Lipinski definition) is 0. The van der Waals surface area contributed by atoms with Gasteiger partial charge in [0.25, 0.3) is 0 Å². The molecule has 0 bridgehead atoms. The van der Waals surface area contributed by atoms with E-state index in [0.717, 1.165) is 16.4 Å². The van der Waals surface area contributed by atoms with Gasteiger partial charge in [0.2, 0.25) is 0 Å². The van der Waals surface area contributed by atoms with E-state index in [1.165, 1.54) is 0 Å². The summed E-state index contributed by atoms with van der Waals surface area (Å²) in [6, 6.07) is 8.92. The predicted octanol–water partition coefficient (Wildman–Crippen LogP) is 4.63. The molecular formula is C13H8Cl2O2S. The average Bonchev–Trinajstić information content (AvgIpc) is 2.65. The molecule has 1 atom stereocenters. The van der Waals surface area contributed by atoms with Gasteiger partial charge in [0.05, 0.1) is 20.7 Å². The van der Waals surface area contributed by atoms with Gasteiger partial charge in [-0.15, -0.1) is 0 Å². The maximum Gasteiger partial charge on any atom is 0.136 e. The molecule has 0 fully saturated rings. The van der Waals surface area contributed by atoms with Crippen LogP contribution in [0.4, 0.5) is 0 Å². The van der Waals surface area contributed by atoms with Crippen LogP contribution in [0.3, 0.4) is 0 Å². The van der Waals surface area contributed by atoms with E-state index in [9.17, 15) is 4.21 Å². The van der Waals surface area contributed by atoms with Crippen LogP contribution in [-0.4, -0.2) is 10.5 Å². The second-order valence-corrected chi connectivity index (χ2v) is 6.17. The van der Waals surface area contributed by atoms with E-state index in [0.29, 0.717) is 20.5 Å². The van der Waals surface area contributed by atoms with Crippen LogP contribution in [0.2, 0.25) is 10.0 Å². The Hall–Kier alpha value is -1.03. The molecule has 18 heavy (non-hydrogen) atoms. The van der Waals surface area contributed by atoms with Gasteiger partial charge < -0.3 is 4.42 Å². The van der Waals surface area contributed by atoms with Gasteiger partial charge in [-0.1, -0.05) is 23.2 Å². The van der Waals surface area contributed by atoms with Crippen molar-refractivity contribution in [1.29, 1.82) is 0 Å². The van der Waals surface area contributed by atoms with Gasteiger partial charge in [-0.3, -0.25) is 4.21 Å². The summed E-state index contributed by atoms with van der Waals surface area (Å²) in [6.07, 6.45) is 1.59. The summed E-state index contributed by atoms with van der Waals surface area (Å²) in [5.74, 6) is 0. The molecule has 0 saturated carbocycles. The summed E-state index contributed by atoms with van der Waals surface area (Å²) in [6.45, 7) is 0. The molecule has 0 saturated heterocycles. The number of hydrogen-bond acceptors (Lipinski definition) is 2. The van der Waals surface area contributed by atoms with Crippen LogP contribution in [0, 0.1) is 0 Å². The van der Waals surface area contributed by atoms with Crippen LogP contribution in [-0.2, 0) is 10.8 Å². The van der Waals surface area contributed by atoms with Gasteiger partial charge in [0.1, 0.15) is 11.2 Å². The minimum atomic E-state index is -1.14. The fourth-order valence-electron chi connectivity index (χ4n) is 1.97. The van der Waals surface area contributed by atoms with Crippen LogP contribution in [0.25, 0.3) is 21.9 Å². The zero-order chi connectivity index (χ0) is 12.9. The second-order valence-electron chi connectivity index (χ2n) is 3.98. The molecule has 1 unspecified atom stereocenters. The Morgan fingerprint density at radius 1 is 1.06 bits per heavy atom. The Morgan fingerprint density at radius 3 is 2.50 bits per heavy atom. The molecule has 0 spiro atoms. The molecule has 1 aromatic heterocycles. The lowest BCUT2D eigenvalue weighted by molar-refractivity contribution is 0.666. The Morgan fingerprint density at radius 2 is 1.78 bits per heavy atom. The highest BCUT2D eigenvalue weighted by Gasteiger charge is 2.12. The largest absolute Gasteiger partial charge is 0.456 e. The zero-order valence-electron chi connectivity index (χ0n) is 9.37. The van der Waals surface area contributed by atoms with E-state index < -0.39 is 10.8 Å². The van der Waals surface area contributed by atoms with E-state index in [1.54, 1.807) is 24.5 Å². The van der Waals surface area contributed by atoms with Crippen LogP contribution < -0.4 is 0 Å². The molecule has 0 aliphatic heterocycles. The number of halogens is 2. The van der Waals surface area contributed by atoms with E-state index in [-0.39, 0.29) is 0 Å². The lowest BCUT2D eigenvalue weighted by Crippen LogP contribution is -1.88. The summed E-state index contributed by atoms with van der Waals surface area (Å²) in [7, 11) is -1.14. The van der Waals surface area contributed by atoms with Gasteiger partial charge in [-0.2, -0.15) is 0 Å². The summed E-state index contributed by atoms with van der Waals surface area (Å²) in [5.41, 5.74) is 1.41. The van der Waals surface area contributed by atoms with Gasteiger partial charge in [0.15, 0.2) is 0 Å². The quantitative estimate of drug-likeness (QED) is 0.655. The lowest BCUT2D eigenvalue weighted by Gasteiger charge is -1.99. The highest BCUT2D eigenvalue weighted by Crippen LogP contribution is 2.34. The van der Waals surface area contributed by atoms with Crippen molar-refractivity contribution in [2.24, 2.45) is 0 Å². The first-order chi connectivity index (χ1) is 8.56. The van der Waals surface area contributed by atoms with Crippen LogP contribution >= 0.6 is 23.2 Å². The van der Waals surface area contributed by atoms with Crippen molar-refractivity contribution in [3.63, 3.8) is 0 Å². The smallest absolute Gasteiger partial charge is 0.136 e. The van der Waals surface area contributed by atoms with Crippen molar-refractivity contribution in [3.05, 3.63) is 40.4 Å². The fourth-order valence-corrected chi connectivity index (χ4v) is 3.24. The van der Waals surface area contributed by atoms with Gasteiger partial charge in [-0.25, -0.2) is 0 Å². The third-order valence-electron chi connectivity index (χ3n) is 2.80.